The lowest BCUT2D eigenvalue weighted by atomic mass is 10.1. The van der Waals surface area contributed by atoms with Gasteiger partial charge in [0.05, 0.1) is 5.56 Å². The fourth-order valence-corrected chi connectivity index (χ4v) is 3.51. The molecule has 114 valence electrons. The lowest BCUT2D eigenvalue weighted by Gasteiger charge is -2.11. The highest BCUT2D eigenvalue weighted by molar-refractivity contribution is 7.84. The molecule has 1 aromatic carbocycles. The molecule has 0 heterocycles. The van der Waals surface area contributed by atoms with Crippen LogP contribution in [0.3, 0.4) is 0 Å². The second kappa shape index (κ2) is 7.36. The standard InChI is InChI=1S/C15H19NO4S/c17-14(16-13-3-1-2-4-13)10-21(20)9-11-5-7-12(8-6-11)15(18)19/h5-8,13H,1-4,9-10H2,(H,16,17)(H,18,19). The maximum Gasteiger partial charge on any atom is 0.335 e. The summed E-state index contributed by atoms with van der Waals surface area (Å²) < 4.78 is 11.9. The first-order valence-corrected chi connectivity index (χ1v) is 8.50. The van der Waals surface area contributed by atoms with Gasteiger partial charge in [0.1, 0.15) is 5.75 Å². The van der Waals surface area contributed by atoms with E-state index in [1.807, 2.05) is 0 Å². The van der Waals surface area contributed by atoms with Crippen LogP contribution in [0.4, 0.5) is 0 Å². The maximum atomic E-state index is 11.9. The van der Waals surface area contributed by atoms with Gasteiger partial charge in [-0.05, 0) is 30.5 Å². The molecular weight excluding hydrogens is 290 g/mol. The Morgan fingerprint density at radius 1 is 1.19 bits per heavy atom. The SMILES string of the molecule is O=C(CS(=O)Cc1ccc(C(=O)O)cc1)NC1CCCC1. The molecule has 1 aliphatic rings. The van der Waals surface area contributed by atoms with Crippen molar-refractivity contribution in [2.45, 2.75) is 37.5 Å². The summed E-state index contributed by atoms with van der Waals surface area (Å²) in [7, 11) is -1.28. The van der Waals surface area contributed by atoms with Crippen LogP contribution in [0.15, 0.2) is 24.3 Å². The summed E-state index contributed by atoms with van der Waals surface area (Å²) in [5.41, 5.74) is 0.968. The topological polar surface area (TPSA) is 83.5 Å². The zero-order valence-corrected chi connectivity index (χ0v) is 12.5. The smallest absolute Gasteiger partial charge is 0.335 e. The van der Waals surface area contributed by atoms with Gasteiger partial charge in [-0.25, -0.2) is 4.79 Å². The third kappa shape index (κ3) is 4.97. The molecule has 21 heavy (non-hydrogen) atoms. The normalized spacial score (nSPS) is 16.6. The molecule has 2 rings (SSSR count). The van der Waals surface area contributed by atoms with E-state index in [0.29, 0.717) is 0 Å². The van der Waals surface area contributed by atoms with E-state index in [1.54, 1.807) is 12.1 Å². The highest BCUT2D eigenvalue weighted by Gasteiger charge is 2.18. The van der Waals surface area contributed by atoms with Crippen LogP contribution >= 0.6 is 0 Å². The lowest BCUT2D eigenvalue weighted by molar-refractivity contribution is -0.119. The summed E-state index contributed by atoms with van der Waals surface area (Å²) in [4.78, 5) is 22.5. The number of carboxylic acid groups (broad SMARTS) is 1. The van der Waals surface area contributed by atoms with E-state index in [-0.39, 0.29) is 29.0 Å². The van der Waals surface area contributed by atoms with Gasteiger partial charge in [-0.2, -0.15) is 0 Å². The Morgan fingerprint density at radius 3 is 2.38 bits per heavy atom. The molecule has 0 radical (unpaired) electrons. The number of hydrogen-bond acceptors (Lipinski definition) is 3. The van der Waals surface area contributed by atoms with Crippen molar-refractivity contribution in [3.63, 3.8) is 0 Å². The molecule has 0 bridgehead atoms. The number of carbonyl (C=O) groups is 2. The molecule has 0 aromatic heterocycles. The Morgan fingerprint density at radius 2 is 1.81 bits per heavy atom. The molecule has 1 atom stereocenters. The van der Waals surface area contributed by atoms with Crippen molar-refractivity contribution in [3.8, 4) is 0 Å². The molecule has 1 amide bonds. The molecule has 0 spiro atoms. The van der Waals surface area contributed by atoms with Crippen molar-refractivity contribution >= 4 is 22.7 Å². The third-order valence-electron chi connectivity index (χ3n) is 3.54. The van der Waals surface area contributed by atoms with E-state index < -0.39 is 16.8 Å². The number of hydrogen-bond donors (Lipinski definition) is 2. The second-order valence-electron chi connectivity index (χ2n) is 5.28. The highest BCUT2D eigenvalue weighted by atomic mass is 32.2. The molecule has 1 fully saturated rings. The van der Waals surface area contributed by atoms with Crippen molar-refractivity contribution < 1.29 is 18.9 Å². The first-order chi connectivity index (χ1) is 10.0. The zero-order valence-electron chi connectivity index (χ0n) is 11.7. The first-order valence-electron chi connectivity index (χ1n) is 7.01. The van der Waals surface area contributed by atoms with Gasteiger partial charge in [0.25, 0.3) is 0 Å². The number of amides is 1. The van der Waals surface area contributed by atoms with E-state index in [0.717, 1.165) is 31.2 Å². The fraction of sp³-hybridized carbons (Fsp3) is 0.467. The van der Waals surface area contributed by atoms with Crippen molar-refractivity contribution in [3.05, 3.63) is 35.4 Å². The van der Waals surface area contributed by atoms with Crippen molar-refractivity contribution in [2.75, 3.05) is 5.75 Å². The molecule has 0 saturated heterocycles. The van der Waals surface area contributed by atoms with Crippen LogP contribution in [0.2, 0.25) is 0 Å². The van der Waals surface area contributed by atoms with Crippen LogP contribution in [0.25, 0.3) is 0 Å². The van der Waals surface area contributed by atoms with E-state index in [4.69, 9.17) is 5.11 Å². The molecule has 1 saturated carbocycles. The van der Waals surface area contributed by atoms with Gasteiger partial charge in [-0.3, -0.25) is 9.00 Å². The van der Waals surface area contributed by atoms with Crippen LogP contribution in [0.1, 0.15) is 41.6 Å². The Labute approximate surface area is 126 Å². The van der Waals surface area contributed by atoms with Gasteiger partial charge in [0.2, 0.25) is 5.91 Å². The van der Waals surface area contributed by atoms with E-state index in [2.05, 4.69) is 5.32 Å². The molecule has 1 aromatic rings. The van der Waals surface area contributed by atoms with Gasteiger partial charge in [0, 0.05) is 22.6 Å². The van der Waals surface area contributed by atoms with Gasteiger partial charge in [0.15, 0.2) is 0 Å². The summed E-state index contributed by atoms with van der Waals surface area (Å²) in [6.07, 6.45) is 4.30. The number of rotatable bonds is 6. The summed E-state index contributed by atoms with van der Waals surface area (Å²) >= 11 is 0. The van der Waals surface area contributed by atoms with Crippen LogP contribution in [-0.2, 0) is 21.3 Å². The van der Waals surface area contributed by atoms with E-state index in [1.165, 1.54) is 12.1 Å². The molecule has 2 N–H and O–H groups in total. The minimum absolute atomic E-state index is 0.00280. The van der Waals surface area contributed by atoms with Gasteiger partial charge in [-0.1, -0.05) is 25.0 Å². The van der Waals surface area contributed by atoms with Crippen LogP contribution in [-0.4, -0.2) is 33.0 Å². The Kier molecular flexibility index (Phi) is 5.50. The lowest BCUT2D eigenvalue weighted by Crippen LogP contribution is -2.35. The van der Waals surface area contributed by atoms with Crippen molar-refractivity contribution in [1.82, 2.24) is 5.32 Å². The number of benzene rings is 1. The second-order valence-corrected chi connectivity index (χ2v) is 6.74. The van der Waals surface area contributed by atoms with Crippen LogP contribution in [0.5, 0.6) is 0 Å². The Bertz CT molecular complexity index is 535. The first kappa shape index (κ1) is 15.7. The average molecular weight is 309 g/mol. The Balaban J connectivity index is 1.80. The number of nitrogens with one attached hydrogen (secondary N) is 1. The number of carbonyl (C=O) groups excluding carboxylic acids is 1. The van der Waals surface area contributed by atoms with Crippen LogP contribution in [0, 0.1) is 0 Å². The van der Waals surface area contributed by atoms with Crippen molar-refractivity contribution in [2.24, 2.45) is 0 Å². The quantitative estimate of drug-likeness (QED) is 0.837. The Hall–Kier alpha value is -1.69. The molecule has 1 unspecified atom stereocenters. The fourth-order valence-electron chi connectivity index (χ4n) is 2.47. The summed E-state index contributed by atoms with van der Waals surface area (Å²) in [5.74, 6) is -0.893. The van der Waals surface area contributed by atoms with E-state index >= 15 is 0 Å². The summed E-state index contributed by atoms with van der Waals surface area (Å²) in [5, 5.41) is 11.7. The van der Waals surface area contributed by atoms with Crippen molar-refractivity contribution in [1.29, 1.82) is 0 Å². The maximum absolute atomic E-state index is 11.9. The molecule has 6 heteroatoms. The molecule has 5 nitrogen and oxygen atoms in total. The molecule has 1 aliphatic carbocycles. The average Bonchev–Trinajstić information content (AvgIpc) is 2.91. The zero-order chi connectivity index (χ0) is 15.2. The van der Waals surface area contributed by atoms with Gasteiger partial charge < -0.3 is 10.4 Å². The number of carboxylic acids is 1. The summed E-state index contributed by atoms with van der Waals surface area (Å²) in [6, 6.07) is 6.47. The predicted molar refractivity (Wildman–Crippen MR) is 80.5 cm³/mol. The number of aromatic carboxylic acids is 1. The molecular formula is C15H19NO4S. The largest absolute Gasteiger partial charge is 0.478 e. The minimum Gasteiger partial charge on any atom is -0.478 e. The predicted octanol–water partition coefficient (Wildman–Crippen LogP) is 1.69. The molecule has 0 aliphatic heterocycles. The van der Waals surface area contributed by atoms with Gasteiger partial charge >= 0.3 is 5.97 Å². The highest BCUT2D eigenvalue weighted by Crippen LogP contribution is 2.17. The summed E-state index contributed by atoms with van der Waals surface area (Å²) in [6.45, 7) is 0. The minimum atomic E-state index is -1.28. The van der Waals surface area contributed by atoms with E-state index in [9.17, 15) is 13.8 Å². The van der Waals surface area contributed by atoms with Crippen LogP contribution < -0.4 is 5.32 Å². The van der Waals surface area contributed by atoms with Gasteiger partial charge in [-0.15, -0.1) is 0 Å². The monoisotopic (exact) mass is 309 g/mol. The third-order valence-corrected chi connectivity index (χ3v) is 4.78.